The number of fused-ring (bicyclic) bond motifs is 14. The number of esters is 1. The van der Waals surface area contributed by atoms with E-state index in [4.69, 9.17) is 24.7 Å². The first-order valence-corrected chi connectivity index (χ1v) is 19.9. The van der Waals surface area contributed by atoms with Crippen LogP contribution in [-0.2, 0) is 23.8 Å². The molecule has 0 aliphatic carbocycles. The number of aromatic hydroxyl groups is 3. The lowest BCUT2D eigenvalue weighted by atomic mass is 9.78. The molecule has 0 saturated carbocycles. The summed E-state index contributed by atoms with van der Waals surface area (Å²) in [4.78, 5) is 53.4. The molecule has 0 saturated heterocycles. The molecule has 17 heteroatoms. The average molecular weight is 859 g/mol. The Bertz CT molecular complexity index is 2370. The lowest BCUT2D eigenvalue weighted by Crippen LogP contribution is -2.46. The molecule has 0 spiro atoms. The van der Waals surface area contributed by atoms with Crippen molar-refractivity contribution in [2.24, 2.45) is 28.8 Å². The van der Waals surface area contributed by atoms with E-state index in [0.29, 0.717) is 5.69 Å². The standard InChI is InChI=1S/C45H54N4O13/c1-20-11-10-12-21(2)43(57)48-34-29(19-47-49-44(58)27-13-15-28(46)16-14-27)38(54)31-32(39(34)55)37(53)25(6)41-33(31)42(56)45(8,62-41)60-18-17-30(59-9)22(3)40(61-26(7)50)24(5)36(52)23(4)35(20)51/h10-20,22-24,30,35-36,40,51-55H,46H2,1-9H3,(H,48,57)(H,49,58)/b11-10+,18-17+,21-12+,47-19?. The number of ether oxygens (including phenoxy) is 4. The number of nitrogens with one attached hydrogen (secondary N) is 2. The summed E-state index contributed by atoms with van der Waals surface area (Å²) < 4.78 is 23.5. The number of nitrogen functional groups attached to an aromatic ring is 1. The Hall–Kier alpha value is -6.43. The van der Waals surface area contributed by atoms with E-state index >= 15 is 0 Å². The summed E-state index contributed by atoms with van der Waals surface area (Å²) in [7, 11) is 1.41. The summed E-state index contributed by atoms with van der Waals surface area (Å²) in [6.45, 7) is 12.2. The van der Waals surface area contributed by atoms with Gasteiger partial charge in [0.05, 0.1) is 53.0 Å². The maximum Gasteiger partial charge on any atom is 0.312 e. The van der Waals surface area contributed by atoms with Crippen LogP contribution in [0.5, 0.6) is 23.0 Å². The minimum atomic E-state index is -2.12. The quantitative estimate of drug-likeness (QED) is 0.0415. The number of amides is 2. The smallest absolute Gasteiger partial charge is 0.312 e. The van der Waals surface area contributed by atoms with Crippen molar-refractivity contribution < 1.29 is 63.7 Å². The zero-order chi connectivity index (χ0) is 46.0. The third-order valence-corrected chi connectivity index (χ3v) is 11.6. The maximum atomic E-state index is 14.4. The zero-order valence-corrected chi connectivity index (χ0v) is 35.9. The van der Waals surface area contributed by atoms with Gasteiger partial charge >= 0.3 is 11.8 Å². The maximum absolute atomic E-state index is 14.4. The fraction of sp³-hybridized carbons (Fsp3) is 0.400. The van der Waals surface area contributed by atoms with Crippen LogP contribution in [0.15, 0.2) is 65.5 Å². The van der Waals surface area contributed by atoms with E-state index in [-0.39, 0.29) is 39.0 Å². The lowest BCUT2D eigenvalue weighted by molar-refractivity contribution is -0.160. The van der Waals surface area contributed by atoms with Crippen molar-refractivity contribution in [3.8, 4) is 23.0 Å². The van der Waals surface area contributed by atoms with Gasteiger partial charge in [0.25, 0.3) is 17.6 Å². The number of nitrogens with zero attached hydrogens (tertiary/aromatic N) is 1. The second kappa shape index (κ2) is 18.7. The van der Waals surface area contributed by atoms with Gasteiger partial charge in [-0.2, -0.15) is 5.10 Å². The number of nitrogens with two attached hydrogens (primary N) is 1. The molecule has 3 aromatic carbocycles. The molecule has 5 bridgehead atoms. The van der Waals surface area contributed by atoms with Crippen LogP contribution >= 0.6 is 0 Å². The molecule has 0 fully saturated rings. The van der Waals surface area contributed by atoms with E-state index in [2.05, 4.69) is 15.8 Å². The summed E-state index contributed by atoms with van der Waals surface area (Å²) in [6, 6.07) is 5.93. The molecule has 2 amide bonds. The number of Topliss-reactive ketones (excluding diaryl/α,β-unsaturated/α-hetero) is 1. The first-order valence-electron chi connectivity index (χ1n) is 19.9. The highest BCUT2D eigenvalue weighted by Crippen LogP contribution is 2.55. The summed E-state index contributed by atoms with van der Waals surface area (Å²) in [5, 5.41) is 64.0. The van der Waals surface area contributed by atoms with Gasteiger partial charge in [-0.3, -0.25) is 19.2 Å². The third-order valence-electron chi connectivity index (χ3n) is 11.6. The van der Waals surface area contributed by atoms with E-state index in [0.717, 1.165) is 12.5 Å². The van der Waals surface area contributed by atoms with Crippen LogP contribution < -0.4 is 21.2 Å². The van der Waals surface area contributed by atoms with Crippen LogP contribution in [0.25, 0.3) is 10.8 Å². The van der Waals surface area contributed by atoms with Crippen LogP contribution in [0, 0.1) is 30.6 Å². The number of hydrazone groups is 1. The Labute approximate surface area is 358 Å². The fourth-order valence-electron chi connectivity index (χ4n) is 7.73. The first-order chi connectivity index (χ1) is 29.1. The van der Waals surface area contributed by atoms with Gasteiger partial charge in [-0.25, -0.2) is 5.43 Å². The molecule has 17 nitrogen and oxygen atoms in total. The molecule has 0 aromatic heterocycles. The molecule has 62 heavy (non-hydrogen) atoms. The zero-order valence-electron chi connectivity index (χ0n) is 35.9. The number of benzene rings is 3. The molecule has 3 aromatic rings. The number of allylic oxidation sites excluding steroid dienone is 2. The number of carbonyl (C=O) groups is 4. The average Bonchev–Trinajstić information content (AvgIpc) is 3.50. The molecule has 0 radical (unpaired) electrons. The van der Waals surface area contributed by atoms with Crippen molar-refractivity contribution in [2.75, 3.05) is 18.2 Å². The Kier molecular flexibility index (Phi) is 14.0. The van der Waals surface area contributed by atoms with Crippen molar-refractivity contribution >= 4 is 51.9 Å². The van der Waals surface area contributed by atoms with E-state index in [1.807, 2.05) is 0 Å². The van der Waals surface area contributed by atoms with Gasteiger partial charge < -0.3 is 55.5 Å². The van der Waals surface area contributed by atoms with Crippen molar-refractivity contribution in [3.05, 3.63) is 82.7 Å². The Balaban J connectivity index is 1.70. The number of ketones is 1. The number of carbonyl (C=O) groups excluding carboxylic acids is 4. The van der Waals surface area contributed by atoms with E-state index in [1.54, 1.807) is 33.8 Å². The number of aliphatic hydroxyl groups is 2. The lowest BCUT2D eigenvalue weighted by Gasteiger charge is -2.38. The van der Waals surface area contributed by atoms with Crippen LogP contribution in [0.4, 0.5) is 11.4 Å². The Morgan fingerprint density at radius 1 is 0.935 bits per heavy atom. The number of rotatable bonds is 5. The molecule has 9 unspecified atom stereocenters. The number of hydrogen-bond acceptors (Lipinski definition) is 15. The van der Waals surface area contributed by atoms with Gasteiger partial charge in [-0.15, -0.1) is 0 Å². The van der Waals surface area contributed by atoms with Crippen LogP contribution in [0.2, 0.25) is 0 Å². The molecular formula is C45H54N4O13. The molecule has 3 aliphatic rings. The van der Waals surface area contributed by atoms with Gasteiger partial charge in [0.2, 0.25) is 0 Å². The molecule has 3 aliphatic heterocycles. The largest absolute Gasteiger partial charge is 0.507 e. The van der Waals surface area contributed by atoms with Crippen LogP contribution in [0.3, 0.4) is 0 Å². The fourth-order valence-corrected chi connectivity index (χ4v) is 7.73. The van der Waals surface area contributed by atoms with Gasteiger partial charge in [0.15, 0.2) is 5.75 Å². The van der Waals surface area contributed by atoms with Crippen molar-refractivity contribution in [1.29, 1.82) is 0 Å². The van der Waals surface area contributed by atoms with Gasteiger partial charge in [0, 0.05) is 72.4 Å². The molecule has 9 N–H and O–H groups in total. The van der Waals surface area contributed by atoms with E-state index in [1.165, 1.54) is 77.3 Å². The van der Waals surface area contributed by atoms with Crippen LogP contribution in [0.1, 0.15) is 80.3 Å². The molecule has 3 heterocycles. The second-order valence-corrected chi connectivity index (χ2v) is 15.9. The van der Waals surface area contributed by atoms with Crippen molar-refractivity contribution in [2.45, 2.75) is 85.6 Å². The van der Waals surface area contributed by atoms with Crippen molar-refractivity contribution in [1.82, 2.24) is 5.43 Å². The predicted molar refractivity (Wildman–Crippen MR) is 230 cm³/mol. The Morgan fingerprint density at radius 2 is 1.60 bits per heavy atom. The summed E-state index contributed by atoms with van der Waals surface area (Å²) in [5.74, 6) is -9.93. The molecule has 6 rings (SSSR count). The van der Waals surface area contributed by atoms with Crippen LogP contribution in [-0.4, -0.2) is 92.6 Å². The number of aliphatic hydroxyl groups excluding tert-OH is 2. The van der Waals surface area contributed by atoms with Crippen molar-refractivity contribution in [3.63, 3.8) is 0 Å². The number of anilines is 2. The minimum Gasteiger partial charge on any atom is -0.507 e. The molecule has 332 valence electrons. The number of methoxy groups -OCH3 is 1. The number of hydrogen-bond donors (Lipinski definition) is 8. The predicted octanol–water partition coefficient (Wildman–Crippen LogP) is 5.10. The molecule has 9 atom stereocenters. The minimum absolute atomic E-state index is 0.0151. The van der Waals surface area contributed by atoms with Gasteiger partial charge in [-0.1, -0.05) is 45.9 Å². The van der Waals surface area contributed by atoms with Gasteiger partial charge in [0.1, 0.15) is 23.4 Å². The summed E-state index contributed by atoms with van der Waals surface area (Å²) >= 11 is 0. The summed E-state index contributed by atoms with van der Waals surface area (Å²) in [5.41, 5.74) is 7.63. The normalized spacial score (nSPS) is 29.0. The van der Waals surface area contributed by atoms with E-state index in [9.17, 15) is 44.7 Å². The Morgan fingerprint density at radius 3 is 2.23 bits per heavy atom. The van der Waals surface area contributed by atoms with Gasteiger partial charge in [-0.05, 0) is 44.2 Å². The third kappa shape index (κ3) is 9.10. The summed E-state index contributed by atoms with van der Waals surface area (Å²) in [6.07, 6.45) is 4.11. The first kappa shape index (κ1) is 46.6. The topological polar surface area (TPSA) is 269 Å². The highest BCUT2D eigenvalue weighted by Gasteiger charge is 2.50. The van der Waals surface area contributed by atoms with E-state index < -0.39 is 106 Å². The number of phenolic OH excluding ortho intramolecular Hbond substituents is 3. The highest BCUT2D eigenvalue weighted by atomic mass is 16.7. The number of phenols is 3. The molecular weight excluding hydrogens is 805 g/mol. The second-order valence-electron chi connectivity index (χ2n) is 15.9. The SMILES string of the molecule is COC1/C=C/OC2(C)Oc3c(C)c(O)c4c(O)c(c(C=NNC(=O)c5ccc(N)cc5)c(O)c4c3C2=O)NC(=O)/C(C)=C/C=C/C(C)C(O)C(C)C(O)C(C)C(OC(C)=O)C1C. The highest BCUT2D eigenvalue weighted by molar-refractivity contribution is 6.24. The monoisotopic (exact) mass is 858 g/mol.